The number of hydrogen-bond donors (Lipinski definition) is 3. The van der Waals surface area contributed by atoms with Crippen LogP contribution in [0.1, 0.15) is 56.5 Å². The average Bonchev–Trinajstić information content (AvgIpc) is 2.80. The van der Waals surface area contributed by atoms with Crippen molar-refractivity contribution in [2.45, 2.75) is 53.1 Å². The molecule has 0 radical (unpaired) electrons. The van der Waals surface area contributed by atoms with Gasteiger partial charge >= 0.3 is 5.97 Å². The van der Waals surface area contributed by atoms with Gasteiger partial charge in [-0.15, -0.1) is 0 Å². The summed E-state index contributed by atoms with van der Waals surface area (Å²) in [6.45, 7) is 11.7. The quantitative estimate of drug-likeness (QED) is 0.565. The molecule has 1 aromatic carbocycles. The summed E-state index contributed by atoms with van der Waals surface area (Å²) in [5.41, 5.74) is 1.53. The molecule has 2 heterocycles. The Labute approximate surface area is 191 Å². The second-order valence-corrected chi connectivity index (χ2v) is 7.16. The zero-order chi connectivity index (χ0) is 24.3. The maximum Gasteiger partial charge on any atom is 0.339 e. The van der Waals surface area contributed by atoms with Crippen LogP contribution in [0.3, 0.4) is 0 Å². The van der Waals surface area contributed by atoms with E-state index in [1.54, 1.807) is 6.07 Å². The fraction of sp³-hybridized carbons (Fsp3) is 0.609. The van der Waals surface area contributed by atoms with Crippen LogP contribution in [0, 0.1) is 0 Å². The van der Waals surface area contributed by atoms with E-state index in [1.165, 1.54) is 7.11 Å². The molecule has 2 aliphatic rings. The predicted molar refractivity (Wildman–Crippen MR) is 125 cm³/mol. The summed E-state index contributed by atoms with van der Waals surface area (Å²) >= 11 is 0. The summed E-state index contributed by atoms with van der Waals surface area (Å²) in [7, 11) is 3.52. The minimum atomic E-state index is -1.08. The molecule has 2 amide bonds. The van der Waals surface area contributed by atoms with E-state index in [0.29, 0.717) is 17.7 Å². The molecule has 0 bridgehead atoms. The number of methoxy groups -OCH3 is 1. The first-order valence-electron chi connectivity index (χ1n) is 11.3. The number of carbonyl (C=O) groups excluding carboxylic acids is 2. The van der Waals surface area contributed by atoms with Crippen molar-refractivity contribution in [3.8, 4) is 5.75 Å². The lowest BCUT2D eigenvalue weighted by Gasteiger charge is -2.34. The molecule has 1 unspecified atom stereocenters. The molecular formula is C23H38N4O5. The Hall–Kier alpha value is -2.65. The predicted octanol–water partition coefficient (Wildman–Crippen LogP) is 2.09. The minimum Gasteiger partial charge on any atom is -0.496 e. The van der Waals surface area contributed by atoms with Crippen LogP contribution in [0.4, 0.5) is 5.69 Å². The van der Waals surface area contributed by atoms with Gasteiger partial charge in [-0.05, 0) is 25.1 Å². The largest absolute Gasteiger partial charge is 0.496 e. The summed E-state index contributed by atoms with van der Waals surface area (Å²) < 4.78 is 5.36. The summed E-state index contributed by atoms with van der Waals surface area (Å²) in [5, 5.41) is 15.1. The molecule has 0 aliphatic carbocycles. The molecular weight excluding hydrogens is 412 g/mol. The van der Waals surface area contributed by atoms with Crippen LogP contribution in [0.5, 0.6) is 5.75 Å². The van der Waals surface area contributed by atoms with E-state index in [1.807, 2.05) is 33.8 Å². The Balaban J connectivity index is 0.00000121. The number of likely N-dealkylation sites (N-methyl/N-ethyl adjacent to an activating group) is 1. The van der Waals surface area contributed by atoms with Crippen LogP contribution in [0.2, 0.25) is 0 Å². The zero-order valence-corrected chi connectivity index (χ0v) is 20.2. The number of nitrogens with one attached hydrogen (secondary N) is 2. The van der Waals surface area contributed by atoms with E-state index in [0.717, 1.165) is 31.9 Å². The van der Waals surface area contributed by atoms with Crippen LogP contribution in [0.25, 0.3) is 0 Å². The molecule has 3 N–H and O–H groups in total. The average molecular weight is 451 g/mol. The Kier molecular flexibility index (Phi) is 11.7. The molecule has 180 valence electrons. The molecule has 1 atom stereocenters. The lowest BCUT2D eigenvalue weighted by atomic mass is 10.0. The first-order chi connectivity index (χ1) is 15.4. The number of carbonyl (C=O) groups is 3. The monoisotopic (exact) mass is 450 g/mol. The van der Waals surface area contributed by atoms with Crippen molar-refractivity contribution in [3.63, 3.8) is 0 Å². The van der Waals surface area contributed by atoms with E-state index < -0.39 is 12.0 Å². The Morgan fingerprint density at radius 1 is 1.16 bits per heavy atom. The molecule has 0 aromatic heterocycles. The highest BCUT2D eigenvalue weighted by atomic mass is 16.5. The number of rotatable bonds is 6. The van der Waals surface area contributed by atoms with Gasteiger partial charge in [0.1, 0.15) is 11.3 Å². The van der Waals surface area contributed by atoms with Crippen molar-refractivity contribution in [1.29, 1.82) is 0 Å². The maximum atomic E-state index is 12.0. The molecule has 1 aromatic rings. The molecule has 2 saturated heterocycles. The standard InChI is InChI=1S/C19H26N4O5.2C2H6/c1-22-5-7-23(8-6-22)13-9-12(17(19(26)27)15(10-13)28-2)11-20-14-3-4-16(24)21-18(14)25;2*1-2/h9-10,14,20H,3-8,11H2,1-2H3,(H,26,27)(H,21,24,25);2*1-2H3. The van der Waals surface area contributed by atoms with Gasteiger partial charge in [0.25, 0.3) is 0 Å². The fourth-order valence-electron chi connectivity index (χ4n) is 3.57. The Morgan fingerprint density at radius 3 is 2.31 bits per heavy atom. The van der Waals surface area contributed by atoms with Crippen LogP contribution in [-0.4, -0.2) is 74.2 Å². The number of ether oxygens (including phenoxy) is 1. The summed E-state index contributed by atoms with van der Waals surface area (Å²) in [6, 6.07) is 3.07. The Bertz CT molecular complexity index is 776. The van der Waals surface area contributed by atoms with Crippen molar-refractivity contribution in [2.75, 3.05) is 45.2 Å². The highest BCUT2D eigenvalue weighted by molar-refractivity contribution is 6.00. The third-order valence-corrected chi connectivity index (χ3v) is 5.25. The van der Waals surface area contributed by atoms with E-state index in [9.17, 15) is 19.5 Å². The van der Waals surface area contributed by atoms with E-state index in [4.69, 9.17) is 4.74 Å². The first-order valence-corrected chi connectivity index (χ1v) is 11.3. The SMILES string of the molecule is CC.CC.COc1cc(N2CCN(C)CC2)cc(CNC2CCC(=O)NC2=O)c1C(=O)O. The lowest BCUT2D eigenvalue weighted by molar-refractivity contribution is -0.134. The molecule has 9 heteroatoms. The topological polar surface area (TPSA) is 111 Å². The molecule has 0 spiro atoms. The number of aromatic carboxylic acids is 1. The minimum absolute atomic E-state index is 0.0835. The highest BCUT2D eigenvalue weighted by Crippen LogP contribution is 2.30. The van der Waals surface area contributed by atoms with Gasteiger partial charge in [-0.1, -0.05) is 27.7 Å². The van der Waals surface area contributed by atoms with Crippen LogP contribution in [-0.2, 0) is 16.1 Å². The number of carboxylic acid groups (broad SMARTS) is 1. The molecule has 3 rings (SSSR count). The van der Waals surface area contributed by atoms with E-state index in [-0.39, 0.29) is 30.3 Å². The summed E-state index contributed by atoms with van der Waals surface area (Å²) in [4.78, 5) is 39.5. The van der Waals surface area contributed by atoms with Gasteiger partial charge in [-0.2, -0.15) is 0 Å². The van der Waals surface area contributed by atoms with Gasteiger partial charge in [-0.3, -0.25) is 14.9 Å². The number of imide groups is 1. The van der Waals surface area contributed by atoms with Gasteiger partial charge in [0, 0.05) is 50.9 Å². The van der Waals surface area contributed by atoms with Crippen LogP contribution >= 0.6 is 0 Å². The Morgan fingerprint density at radius 2 is 1.78 bits per heavy atom. The van der Waals surface area contributed by atoms with Crippen LogP contribution in [0.15, 0.2) is 12.1 Å². The number of nitrogens with zero attached hydrogens (tertiary/aromatic N) is 2. The molecule has 0 saturated carbocycles. The molecule has 32 heavy (non-hydrogen) atoms. The molecule has 2 fully saturated rings. The molecule has 9 nitrogen and oxygen atoms in total. The van der Waals surface area contributed by atoms with Gasteiger partial charge in [0.05, 0.1) is 13.2 Å². The van der Waals surface area contributed by atoms with Gasteiger partial charge in [0.2, 0.25) is 11.8 Å². The number of carboxylic acids is 1. The summed E-state index contributed by atoms with van der Waals surface area (Å²) in [6.07, 6.45) is 0.655. The number of piperazine rings is 1. The van der Waals surface area contributed by atoms with Crippen molar-refractivity contribution in [3.05, 3.63) is 23.3 Å². The number of piperidine rings is 1. The molecule has 2 aliphatic heterocycles. The third kappa shape index (κ3) is 7.20. The second-order valence-electron chi connectivity index (χ2n) is 7.16. The van der Waals surface area contributed by atoms with Gasteiger partial charge in [-0.25, -0.2) is 4.79 Å². The third-order valence-electron chi connectivity index (χ3n) is 5.25. The van der Waals surface area contributed by atoms with Gasteiger partial charge in [0.15, 0.2) is 0 Å². The first kappa shape index (κ1) is 27.4. The van der Waals surface area contributed by atoms with Gasteiger partial charge < -0.3 is 25.0 Å². The second kappa shape index (κ2) is 13.7. The van der Waals surface area contributed by atoms with Crippen molar-refractivity contribution in [1.82, 2.24) is 15.5 Å². The summed E-state index contributed by atoms with van der Waals surface area (Å²) in [5.74, 6) is -1.45. The number of benzene rings is 1. The van der Waals surface area contributed by atoms with Crippen molar-refractivity contribution >= 4 is 23.5 Å². The maximum absolute atomic E-state index is 12.0. The van der Waals surface area contributed by atoms with E-state index in [2.05, 4.69) is 27.5 Å². The number of hydrogen-bond acceptors (Lipinski definition) is 7. The van der Waals surface area contributed by atoms with E-state index >= 15 is 0 Å². The highest BCUT2D eigenvalue weighted by Gasteiger charge is 2.27. The van der Waals surface area contributed by atoms with Crippen molar-refractivity contribution < 1.29 is 24.2 Å². The zero-order valence-electron chi connectivity index (χ0n) is 20.2. The number of anilines is 1. The smallest absolute Gasteiger partial charge is 0.339 e. The normalized spacial score (nSPS) is 18.6. The number of amides is 2. The fourth-order valence-corrected chi connectivity index (χ4v) is 3.57. The lowest BCUT2D eigenvalue weighted by Crippen LogP contribution is -2.50. The van der Waals surface area contributed by atoms with Crippen LogP contribution < -0.4 is 20.3 Å². The van der Waals surface area contributed by atoms with Crippen molar-refractivity contribution in [2.24, 2.45) is 0 Å².